The van der Waals surface area contributed by atoms with E-state index in [-0.39, 0.29) is 107 Å². The molecule has 20 nitrogen and oxygen atoms in total. The molecule has 61 heavy (non-hydrogen) atoms. The lowest BCUT2D eigenvalue weighted by Crippen LogP contribution is -2.55. The molecule has 20 heteroatoms. The number of piperazine rings is 2. The van der Waals surface area contributed by atoms with Crippen molar-refractivity contribution in [2.45, 2.75) is 31.3 Å². The Hall–Kier alpha value is -7.06. The molecule has 318 valence electrons. The van der Waals surface area contributed by atoms with Crippen LogP contribution < -0.4 is 11.5 Å². The van der Waals surface area contributed by atoms with Crippen LogP contribution in [0.4, 0.5) is 9.59 Å². The monoisotopic (exact) mass is 834 g/mol. The molecule has 8 N–H and O–H groups in total. The number of carbonyl (C=O) groups excluding carboxylic acids is 4. The van der Waals surface area contributed by atoms with Gasteiger partial charge in [0.15, 0.2) is 11.4 Å². The summed E-state index contributed by atoms with van der Waals surface area (Å²) in [7, 11) is 0. The largest absolute Gasteiger partial charge is 0.447 e. The number of ether oxygens (including phenoxy) is 4. The molecule has 0 unspecified atom stereocenters. The number of aromatic amines is 2. The molecule has 0 bridgehead atoms. The number of nitrogens with one attached hydrogen (secondary N) is 4. The molecule has 3 fully saturated rings. The number of nitrogens with two attached hydrogens (primary N) is 2. The average Bonchev–Trinajstić information content (AvgIpc) is 3.93. The van der Waals surface area contributed by atoms with Crippen LogP contribution >= 0.6 is 0 Å². The van der Waals surface area contributed by atoms with Gasteiger partial charge in [0.2, 0.25) is 0 Å². The van der Waals surface area contributed by atoms with E-state index in [0.717, 1.165) is 5.56 Å². The topological polar surface area (TPSA) is 275 Å². The Kier molecular flexibility index (Phi) is 11.8. The second-order valence-electron chi connectivity index (χ2n) is 14.9. The summed E-state index contributed by atoms with van der Waals surface area (Å²) < 4.78 is 24.3. The smallest absolute Gasteiger partial charge is 0.410 e. The van der Waals surface area contributed by atoms with Crippen LogP contribution in [0.5, 0.6) is 0 Å². The molecular weight excluding hydrogens is 789 g/mol. The predicted octanol–water partition coefficient (Wildman–Crippen LogP) is 2.24. The number of carbonyl (C=O) groups is 4. The Morgan fingerprint density at radius 3 is 1.72 bits per heavy atom. The Balaban J connectivity index is 0.869. The van der Waals surface area contributed by atoms with Crippen molar-refractivity contribution in [2.24, 2.45) is 11.5 Å². The molecule has 3 aromatic carbocycles. The maximum atomic E-state index is 13.6. The number of H-pyrrole nitrogens is 2. The van der Waals surface area contributed by atoms with Gasteiger partial charge in [-0.1, -0.05) is 54.6 Å². The van der Waals surface area contributed by atoms with Crippen molar-refractivity contribution < 1.29 is 38.1 Å². The highest BCUT2D eigenvalue weighted by molar-refractivity contribution is 6.15. The van der Waals surface area contributed by atoms with E-state index in [9.17, 15) is 19.2 Å². The van der Waals surface area contributed by atoms with Gasteiger partial charge in [-0.2, -0.15) is 10.2 Å². The van der Waals surface area contributed by atoms with E-state index in [1.807, 2.05) is 30.3 Å². The zero-order chi connectivity index (χ0) is 42.6. The molecule has 4 amide bonds. The highest BCUT2D eigenvalue weighted by Gasteiger charge is 2.40. The van der Waals surface area contributed by atoms with Crippen molar-refractivity contribution in [3.8, 4) is 0 Å². The maximum Gasteiger partial charge on any atom is 0.410 e. The van der Waals surface area contributed by atoms with Gasteiger partial charge < -0.3 is 50.0 Å². The van der Waals surface area contributed by atoms with E-state index in [1.54, 1.807) is 46.2 Å². The van der Waals surface area contributed by atoms with Gasteiger partial charge in [-0.05, 0) is 17.7 Å². The molecule has 2 aromatic heterocycles. The van der Waals surface area contributed by atoms with Crippen LogP contribution in [0.25, 0.3) is 21.8 Å². The van der Waals surface area contributed by atoms with Crippen molar-refractivity contribution >= 4 is 57.5 Å². The number of rotatable bonds is 10. The first-order valence-electron chi connectivity index (χ1n) is 19.9. The van der Waals surface area contributed by atoms with E-state index in [1.165, 1.54) is 9.80 Å². The first-order chi connectivity index (χ1) is 29.6. The Labute approximate surface area is 349 Å². The molecule has 3 aliphatic heterocycles. The van der Waals surface area contributed by atoms with E-state index in [4.69, 9.17) is 41.2 Å². The second-order valence-corrected chi connectivity index (χ2v) is 14.9. The maximum absolute atomic E-state index is 13.6. The molecular formula is C41H46N12O8. The molecule has 0 radical (unpaired) electrons. The number of hydrogen-bond acceptors (Lipinski definition) is 12. The Morgan fingerprint density at radius 1 is 0.689 bits per heavy atom. The van der Waals surface area contributed by atoms with Gasteiger partial charge in [-0.3, -0.25) is 30.6 Å². The lowest BCUT2D eigenvalue weighted by atomic mass is 10.0. The number of nitrogens with zero attached hydrogens (tertiary/aromatic N) is 6. The van der Waals surface area contributed by atoms with Crippen LogP contribution in [-0.2, 0) is 25.6 Å². The number of fused-ring (bicyclic) bond motifs is 2. The fourth-order valence-electron chi connectivity index (χ4n) is 7.92. The minimum Gasteiger partial charge on any atom is -0.447 e. The van der Waals surface area contributed by atoms with Crippen molar-refractivity contribution in [3.05, 3.63) is 94.8 Å². The van der Waals surface area contributed by atoms with Crippen molar-refractivity contribution in [1.82, 2.24) is 40.0 Å². The summed E-state index contributed by atoms with van der Waals surface area (Å²) in [5.41, 5.74) is 14.8. The van der Waals surface area contributed by atoms with E-state index in [0.29, 0.717) is 39.4 Å². The summed E-state index contributed by atoms with van der Waals surface area (Å²) in [6.07, 6.45) is -3.09. The Bertz CT molecular complexity index is 2460. The number of benzene rings is 3. The quantitative estimate of drug-likeness (QED) is 0.0874. The third kappa shape index (κ3) is 8.53. The molecule has 3 saturated heterocycles. The molecule has 8 rings (SSSR count). The van der Waals surface area contributed by atoms with Crippen molar-refractivity contribution in [3.63, 3.8) is 0 Å². The second kappa shape index (κ2) is 17.7. The number of amides is 4. The first kappa shape index (κ1) is 40.7. The third-order valence-electron chi connectivity index (χ3n) is 11.2. The van der Waals surface area contributed by atoms with Crippen LogP contribution in [0.15, 0.2) is 66.7 Å². The number of nitrogen functional groups attached to an aromatic ring is 2. The lowest BCUT2D eigenvalue weighted by Gasteiger charge is -2.39. The van der Waals surface area contributed by atoms with E-state index < -0.39 is 30.5 Å². The van der Waals surface area contributed by atoms with E-state index >= 15 is 0 Å². The average molecular weight is 835 g/mol. The Morgan fingerprint density at radius 2 is 1.20 bits per heavy atom. The van der Waals surface area contributed by atoms with Gasteiger partial charge in [0, 0.05) is 80.7 Å². The summed E-state index contributed by atoms with van der Waals surface area (Å²) in [5.74, 6) is -1.04. The zero-order valence-corrected chi connectivity index (χ0v) is 33.2. The molecule has 0 aliphatic carbocycles. The summed E-state index contributed by atoms with van der Waals surface area (Å²) in [6, 6.07) is 19.8. The van der Waals surface area contributed by atoms with Crippen molar-refractivity contribution in [2.75, 3.05) is 65.6 Å². The molecule has 3 aliphatic rings. The number of hydrogen-bond donors (Lipinski definition) is 6. The highest BCUT2D eigenvalue weighted by atomic mass is 16.6. The zero-order valence-electron chi connectivity index (χ0n) is 33.2. The first-order valence-corrected chi connectivity index (χ1v) is 19.9. The van der Waals surface area contributed by atoms with Gasteiger partial charge in [0.05, 0.1) is 24.2 Å². The van der Waals surface area contributed by atoms with Gasteiger partial charge in [-0.25, -0.2) is 9.59 Å². The van der Waals surface area contributed by atoms with Crippen molar-refractivity contribution in [1.29, 1.82) is 10.8 Å². The van der Waals surface area contributed by atoms with Gasteiger partial charge in [0.25, 0.3) is 11.8 Å². The summed E-state index contributed by atoms with van der Waals surface area (Å²) >= 11 is 0. The number of aromatic nitrogens is 4. The van der Waals surface area contributed by atoms with Gasteiger partial charge in [-0.15, -0.1) is 0 Å². The summed E-state index contributed by atoms with van der Waals surface area (Å²) in [6.45, 7) is 2.01. The molecule has 0 saturated carbocycles. The molecule has 0 spiro atoms. The predicted molar refractivity (Wildman–Crippen MR) is 220 cm³/mol. The van der Waals surface area contributed by atoms with Crippen LogP contribution in [-0.4, -0.2) is 160 Å². The minimum absolute atomic E-state index is 0.157. The van der Waals surface area contributed by atoms with Crippen LogP contribution in [0, 0.1) is 10.8 Å². The summed E-state index contributed by atoms with van der Waals surface area (Å²) in [4.78, 5) is 60.3. The molecule has 5 aromatic rings. The summed E-state index contributed by atoms with van der Waals surface area (Å²) in [5, 5.41) is 31.0. The van der Waals surface area contributed by atoms with Gasteiger partial charge in [0.1, 0.15) is 36.6 Å². The van der Waals surface area contributed by atoms with Crippen LogP contribution in [0.2, 0.25) is 0 Å². The third-order valence-corrected chi connectivity index (χ3v) is 11.2. The SMILES string of the molecule is N=C(N)c1cccc2[nH]nc(C(=O)N3CCN(C(=O)OC[C@H]4OCC[C@@H](OC(=O)N5CCN(C(=O)c6n[nH]c7cccc(C(=N)N)c67)CC5)[C@@H]4OCc4ccccc4)CC3)c12. The lowest BCUT2D eigenvalue weighted by molar-refractivity contribution is -0.178. The van der Waals surface area contributed by atoms with Crippen LogP contribution in [0.1, 0.15) is 44.1 Å². The number of amidine groups is 2. The van der Waals surface area contributed by atoms with E-state index in [2.05, 4.69) is 20.4 Å². The fourth-order valence-corrected chi connectivity index (χ4v) is 7.92. The molecule has 3 atom stereocenters. The highest BCUT2D eigenvalue weighted by Crippen LogP contribution is 2.27. The normalized spacial score (nSPS) is 19.5. The van der Waals surface area contributed by atoms with Gasteiger partial charge >= 0.3 is 12.2 Å². The minimum atomic E-state index is -0.782. The fraction of sp³-hybridized carbons (Fsp3) is 0.366. The van der Waals surface area contributed by atoms with Crippen LogP contribution in [0.3, 0.4) is 0 Å². The standard InChI is InChI=1S/C41H46N12O8/c42-36(43)25-8-4-10-27-31(25)33(48-46-27)38(54)50-13-17-52(18-14-50)40(56)60-23-30-35(59-22-24-6-2-1-3-7-24)29(12-21-58-30)61-41(57)53-19-15-51(16-20-53)39(55)34-32-26(37(44)45)9-5-11-28(32)47-49-34/h1-11,29-30,35H,12-23H2,(H3,42,43)(H3,44,45)(H,46,48)(H,47,49)/t29-,30-,35+/m1/s1. The molecule has 5 heterocycles.